The number of nitrogens with one attached hydrogen (secondary N) is 1. The standard InChI is InChI=1S/C20H21ClN2O2S/c1-22-20(24)19-7-6-18(26-19)16-3-2-8-23(16)11-13-9-14-10-15(21)4-5-17(14)25-12-13/h4-7,9-10,16H,2-3,8,11-12H2,1H3,(H,22,24)/t16-/m0/s1. The monoisotopic (exact) mass is 388 g/mol. The zero-order valence-electron chi connectivity index (χ0n) is 14.6. The molecule has 0 radical (unpaired) electrons. The van der Waals surface area contributed by atoms with Crippen LogP contribution in [0.25, 0.3) is 6.08 Å². The second-order valence-corrected chi connectivity index (χ2v) is 8.23. The van der Waals surface area contributed by atoms with Crippen molar-refractivity contribution in [2.45, 2.75) is 18.9 Å². The summed E-state index contributed by atoms with van der Waals surface area (Å²) in [4.78, 5) is 16.4. The number of hydrogen-bond acceptors (Lipinski definition) is 4. The van der Waals surface area contributed by atoms with E-state index in [9.17, 15) is 4.79 Å². The van der Waals surface area contributed by atoms with Crippen molar-refractivity contribution in [3.8, 4) is 5.75 Å². The Bertz CT molecular complexity index is 861. The summed E-state index contributed by atoms with van der Waals surface area (Å²) in [5.41, 5.74) is 2.31. The van der Waals surface area contributed by atoms with Crippen LogP contribution in [-0.4, -0.2) is 37.6 Å². The van der Waals surface area contributed by atoms with E-state index < -0.39 is 0 Å². The van der Waals surface area contributed by atoms with Gasteiger partial charge >= 0.3 is 0 Å². The van der Waals surface area contributed by atoms with Gasteiger partial charge in [0.25, 0.3) is 5.91 Å². The fraction of sp³-hybridized carbons (Fsp3) is 0.350. The van der Waals surface area contributed by atoms with Crippen molar-refractivity contribution in [1.82, 2.24) is 10.2 Å². The van der Waals surface area contributed by atoms with E-state index in [4.69, 9.17) is 16.3 Å². The van der Waals surface area contributed by atoms with Crippen LogP contribution >= 0.6 is 22.9 Å². The van der Waals surface area contributed by atoms with Crippen LogP contribution in [-0.2, 0) is 0 Å². The van der Waals surface area contributed by atoms with Gasteiger partial charge in [-0.25, -0.2) is 0 Å². The fourth-order valence-corrected chi connectivity index (χ4v) is 4.97. The predicted molar refractivity (Wildman–Crippen MR) is 106 cm³/mol. The van der Waals surface area contributed by atoms with Crippen molar-refractivity contribution in [3.05, 3.63) is 56.2 Å². The first-order valence-electron chi connectivity index (χ1n) is 8.81. The molecule has 6 heteroatoms. The number of likely N-dealkylation sites (tertiary alicyclic amines) is 1. The van der Waals surface area contributed by atoms with Crippen LogP contribution in [0, 0.1) is 0 Å². The first kappa shape index (κ1) is 17.6. The summed E-state index contributed by atoms with van der Waals surface area (Å²) in [6.07, 6.45) is 4.50. The Kier molecular flexibility index (Phi) is 5.02. The van der Waals surface area contributed by atoms with Gasteiger partial charge in [0, 0.05) is 35.1 Å². The normalized spacial score (nSPS) is 19.6. The molecule has 0 spiro atoms. The molecule has 0 bridgehead atoms. The van der Waals surface area contributed by atoms with E-state index in [-0.39, 0.29) is 5.91 Å². The average Bonchev–Trinajstić information content (AvgIpc) is 3.29. The van der Waals surface area contributed by atoms with E-state index in [1.165, 1.54) is 16.9 Å². The fourth-order valence-electron chi connectivity index (χ4n) is 3.66. The molecule has 0 unspecified atom stereocenters. The Morgan fingerprint density at radius 1 is 1.38 bits per heavy atom. The number of amides is 1. The zero-order chi connectivity index (χ0) is 18.1. The van der Waals surface area contributed by atoms with Crippen LogP contribution < -0.4 is 10.1 Å². The van der Waals surface area contributed by atoms with Gasteiger partial charge in [-0.1, -0.05) is 11.6 Å². The van der Waals surface area contributed by atoms with Crippen LogP contribution in [0.15, 0.2) is 35.9 Å². The maximum atomic E-state index is 11.8. The van der Waals surface area contributed by atoms with E-state index in [1.807, 2.05) is 24.3 Å². The summed E-state index contributed by atoms with van der Waals surface area (Å²) >= 11 is 7.71. The molecule has 2 aliphatic heterocycles. The minimum Gasteiger partial charge on any atom is -0.489 e. The number of carbonyl (C=O) groups is 1. The van der Waals surface area contributed by atoms with Crippen molar-refractivity contribution >= 4 is 34.9 Å². The van der Waals surface area contributed by atoms with Gasteiger partial charge in [0.15, 0.2) is 0 Å². The molecule has 1 saturated heterocycles. The topological polar surface area (TPSA) is 41.6 Å². The number of fused-ring (bicyclic) bond motifs is 1. The molecule has 2 aliphatic rings. The Morgan fingerprint density at radius 3 is 3.12 bits per heavy atom. The average molecular weight is 389 g/mol. The number of thiophene rings is 1. The molecule has 1 fully saturated rings. The summed E-state index contributed by atoms with van der Waals surface area (Å²) in [6.45, 7) is 2.56. The van der Waals surface area contributed by atoms with Crippen LogP contribution in [0.5, 0.6) is 5.75 Å². The predicted octanol–water partition coefficient (Wildman–Crippen LogP) is 4.37. The minimum absolute atomic E-state index is 0.0114. The summed E-state index contributed by atoms with van der Waals surface area (Å²) < 4.78 is 5.89. The molecular weight excluding hydrogens is 368 g/mol. The number of carbonyl (C=O) groups excluding carboxylic acids is 1. The number of ether oxygens (including phenoxy) is 1. The smallest absolute Gasteiger partial charge is 0.261 e. The molecule has 2 aromatic rings. The van der Waals surface area contributed by atoms with E-state index in [2.05, 4.69) is 22.4 Å². The molecule has 0 aliphatic carbocycles. The van der Waals surface area contributed by atoms with Crippen LogP contribution in [0.1, 0.15) is 39.0 Å². The second kappa shape index (κ2) is 7.43. The highest BCUT2D eigenvalue weighted by Gasteiger charge is 2.29. The van der Waals surface area contributed by atoms with Crippen molar-refractivity contribution in [1.29, 1.82) is 0 Å². The van der Waals surface area contributed by atoms with Gasteiger partial charge in [-0.3, -0.25) is 9.69 Å². The third-order valence-corrected chi connectivity index (χ3v) is 6.34. The zero-order valence-corrected chi connectivity index (χ0v) is 16.2. The summed E-state index contributed by atoms with van der Waals surface area (Å²) in [6, 6.07) is 10.1. The summed E-state index contributed by atoms with van der Waals surface area (Å²) in [5, 5.41) is 3.42. The molecule has 1 aromatic heterocycles. The molecule has 4 nitrogen and oxygen atoms in total. The lowest BCUT2D eigenvalue weighted by molar-refractivity contribution is 0.0967. The first-order valence-corrected chi connectivity index (χ1v) is 10.0. The number of halogens is 1. The molecular formula is C20H21ClN2O2S. The molecule has 4 rings (SSSR count). The molecule has 1 atom stereocenters. The minimum atomic E-state index is -0.0114. The van der Waals surface area contributed by atoms with Gasteiger partial charge in [-0.2, -0.15) is 0 Å². The van der Waals surface area contributed by atoms with E-state index >= 15 is 0 Å². The highest BCUT2D eigenvalue weighted by atomic mass is 35.5. The Hall–Kier alpha value is -1.82. The first-order chi connectivity index (χ1) is 12.6. The maximum absolute atomic E-state index is 11.8. The molecule has 3 heterocycles. The van der Waals surface area contributed by atoms with Gasteiger partial charge < -0.3 is 10.1 Å². The summed E-state index contributed by atoms with van der Waals surface area (Å²) in [7, 11) is 1.67. The third-order valence-electron chi connectivity index (χ3n) is 4.92. The lowest BCUT2D eigenvalue weighted by Gasteiger charge is -2.27. The molecule has 0 saturated carbocycles. The van der Waals surface area contributed by atoms with E-state index in [1.54, 1.807) is 18.4 Å². The number of hydrogen-bond donors (Lipinski definition) is 1. The van der Waals surface area contributed by atoms with Gasteiger partial charge in [-0.15, -0.1) is 11.3 Å². The van der Waals surface area contributed by atoms with Crippen molar-refractivity contribution in [2.24, 2.45) is 0 Å². The van der Waals surface area contributed by atoms with Crippen molar-refractivity contribution in [3.63, 3.8) is 0 Å². The molecule has 136 valence electrons. The lowest BCUT2D eigenvalue weighted by Crippen LogP contribution is -2.27. The molecule has 1 N–H and O–H groups in total. The van der Waals surface area contributed by atoms with Crippen LogP contribution in [0.2, 0.25) is 5.02 Å². The van der Waals surface area contributed by atoms with Crippen LogP contribution in [0.4, 0.5) is 0 Å². The van der Waals surface area contributed by atoms with Gasteiger partial charge in [0.2, 0.25) is 0 Å². The largest absolute Gasteiger partial charge is 0.489 e. The highest BCUT2D eigenvalue weighted by molar-refractivity contribution is 7.14. The highest BCUT2D eigenvalue weighted by Crippen LogP contribution is 2.37. The van der Waals surface area contributed by atoms with Gasteiger partial charge in [0.1, 0.15) is 12.4 Å². The van der Waals surface area contributed by atoms with E-state index in [0.717, 1.165) is 40.7 Å². The maximum Gasteiger partial charge on any atom is 0.261 e. The molecule has 1 aromatic carbocycles. The quantitative estimate of drug-likeness (QED) is 0.845. The van der Waals surface area contributed by atoms with Gasteiger partial charge in [0.05, 0.1) is 4.88 Å². The Balaban J connectivity index is 1.51. The number of benzene rings is 1. The Labute approximate surface area is 162 Å². The summed E-state index contributed by atoms with van der Waals surface area (Å²) in [5.74, 6) is 0.882. The number of rotatable bonds is 4. The molecule has 26 heavy (non-hydrogen) atoms. The third kappa shape index (κ3) is 3.52. The lowest BCUT2D eigenvalue weighted by atomic mass is 10.1. The van der Waals surface area contributed by atoms with Gasteiger partial charge in [-0.05, 0) is 61.4 Å². The van der Waals surface area contributed by atoms with Crippen LogP contribution in [0.3, 0.4) is 0 Å². The second-order valence-electron chi connectivity index (χ2n) is 6.68. The molecule has 1 amide bonds. The Morgan fingerprint density at radius 2 is 2.27 bits per heavy atom. The van der Waals surface area contributed by atoms with Crippen molar-refractivity contribution in [2.75, 3.05) is 26.7 Å². The SMILES string of the molecule is CNC(=O)c1ccc([C@@H]2CCCN2CC2=Cc3cc(Cl)ccc3OC2)s1. The van der Waals surface area contributed by atoms with Crippen molar-refractivity contribution < 1.29 is 9.53 Å². The number of nitrogens with zero attached hydrogens (tertiary/aromatic N) is 1. The van der Waals surface area contributed by atoms with E-state index in [0.29, 0.717) is 12.6 Å².